The fourth-order valence-electron chi connectivity index (χ4n) is 1.33. The predicted octanol–water partition coefficient (Wildman–Crippen LogP) is 2.96. The molecule has 2 nitrogen and oxygen atoms in total. The van der Waals surface area contributed by atoms with E-state index in [9.17, 15) is 4.79 Å². The van der Waals surface area contributed by atoms with Gasteiger partial charge in [0.2, 0.25) is 0 Å². The van der Waals surface area contributed by atoms with Gasteiger partial charge >= 0.3 is 0 Å². The van der Waals surface area contributed by atoms with E-state index in [4.69, 9.17) is 0 Å². The van der Waals surface area contributed by atoms with Gasteiger partial charge in [0.05, 0.1) is 5.75 Å². The Bertz CT molecular complexity index is 328. The summed E-state index contributed by atoms with van der Waals surface area (Å²) < 4.78 is 0. The van der Waals surface area contributed by atoms with Crippen LogP contribution in [-0.4, -0.2) is 21.8 Å². The zero-order chi connectivity index (χ0) is 10.7. The Morgan fingerprint density at radius 1 is 1.50 bits per heavy atom. The zero-order valence-corrected chi connectivity index (χ0v) is 9.99. The molecule has 1 N–H and O–H groups in total. The largest absolute Gasteiger partial charge is 0.362 e. The molecule has 0 aliphatic rings. The molecule has 3 heteroatoms. The summed E-state index contributed by atoms with van der Waals surface area (Å²) in [6.07, 6.45) is 0. The summed E-state index contributed by atoms with van der Waals surface area (Å²) in [7, 11) is 0. The summed E-state index contributed by atoms with van der Waals surface area (Å²) in [5.74, 6) is 0.807. The standard InChI is InChI=1S/C11H17NOS/c1-7(2)14-6-11(13)10-5-8(3)12-9(10)4/h5,7,12H,6H2,1-4H3. The van der Waals surface area contributed by atoms with Gasteiger partial charge in [-0.3, -0.25) is 4.79 Å². The van der Waals surface area contributed by atoms with E-state index in [-0.39, 0.29) is 5.78 Å². The van der Waals surface area contributed by atoms with Crippen molar-refractivity contribution in [3.63, 3.8) is 0 Å². The number of nitrogens with one attached hydrogen (secondary N) is 1. The highest BCUT2D eigenvalue weighted by molar-refractivity contribution is 8.00. The Balaban J connectivity index is 2.65. The normalized spacial score (nSPS) is 10.9. The lowest BCUT2D eigenvalue weighted by Gasteiger charge is -2.03. The highest BCUT2D eigenvalue weighted by atomic mass is 32.2. The molecule has 14 heavy (non-hydrogen) atoms. The lowest BCUT2D eigenvalue weighted by Crippen LogP contribution is -2.05. The van der Waals surface area contributed by atoms with Gasteiger partial charge in [-0.15, -0.1) is 0 Å². The van der Waals surface area contributed by atoms with Crippen LogP contribution in [0.25, 0.3) is 0 Å². The minimum Gasteiger partial charge on any atom is -0.362 e. The average molecular weight is 211 g/mol. The molecule has 0 aliphatic carbocycles. The third-order valence-corrected chi connectivity index (χ3v) is 3.09. The van der Waals surface area contributed by atoms with Crippen molar-refractivity contribution in [1.82, 2.24) is 4.98 Å². The number of carbonyl (C=O) groups is 1. The van der Waals surface area contributed by atoms with Crippen LogP contribution in [0.5, 0.6) is 0 Å². The van der Waals surface area contributed by atoms with Crippen molar-refractivity contribution in [2.75, 3.05) is 5.75 Å². The monoisotopic (exact) mass is 211 g/mol. The molecule has 0 atom stereocenters. The van der Waals surface area contributed by atoms with Crippen molar-refractivity contribution in [3.8, 4) is 0 Å². The van der Waals surface area contributed by atoms with Gasteiger partial charge in [-0.1, -0.05) is 13.8 Å². The number of aromatic nitrogens is 1. The summed E-state index contributed by atoms with van der Waals surface area (Å²) in [5.41, 5.74) is 2.88. The number of rotatable bonds is 4. The quantitative estimate of drug-likeness (QED) is 0.777. The predicted molar refractivity (Wildman–Crippen MR) is 62.2 cm³/mol. The first-order valence-electron chi connectivity index (χ1n) is 4.81. The smallest absolute Gasteiger partial charge is 0.174 e. The Hall–Kier alpha value is -0.700. The fraction of sp³-hybridized carbons (Fsp3) is 0.545. The second-order valence-corrected chi connectivity index (χ2v) is 5.34. The highest BCUT2D eigenvalue weighted by Crippen LogP contribution is 2.15. The number of thioether (sulfide) groups is 1. The Morgan fingerprint density at radius 2 is 2.14 bits per heavy atom. The second kappa shape index (κ2) is 4.69. The molecule has 0 spiro atoms. The van der Waals surface area contributed by atoms with Crippen molar-refractivity contribution in [2.45, 2.75) is 32.9 Å². The number of hydrogen-bond acceptors (Lipinski definition) is 2. The first kappa shape index (κ1) is 11.4. The van der Waals surface area contributed by atoms with E-state index in [0.717, 1.165) is 17.0 Å². The number of carbonyl (C=O) groups excluding carboxylic acids is 1. The van der Waals surface area contributed by atoms with Crippen molar-refractivity contribution in [1.29, 1.82) is 0 Å². The van der Waals surface area contributed by atoms with E-state index < -0.39 is 0 Å². The molecule has 1 aromatic heterocycles. The molecule has 1 heterocycles. The van der Waals surface area contributed by atoms with Gasteiger partial charge in [0.1, 0.15) is 0 Å². The summed E-state index contributed by atoms with van der Waals surface area (Å²) in [5, 5.41) is 0.513. The van der Waals surface area contributed by atoms with Crippen LogP contribution in [0, 0.1) is 13.8 Å². The molecule has 0 radical (unpaired) electrons. The van der Waals surface area contributed by atoms with Crippen LogP contribution in [-0.2, 0) is 0 Å². The summed E-state index contributed by atoms with van der Waals surface area (Å²) in [6, 6.07) is 1.93. The number of aryl methyl sites for hydroxylation is 2. The molecule has 78 valence electrons. The molecule has 1 aromatic rings. The lowest BCUT2D eigenvalue weighted by molar-refractivity contribution is 0.102. The van der Waals surface area contributed by atoms with Crippen molar-refractivity contribution >= 4 is 17.5 Å². The molecule has 1 rings (SSSR count). The van der Waals surface area contributed by atoms with Crippen LogP contribution in [0.3, 0.4) is 0 Å². The van der Waals surface area contributed by atoms with Crippen LogP contribution in [0.15, 0.2) is 6.07 Å². The third kappa shape index (κ3) is 2.91. The molecular weight excluding hydrogens is 194 g/mol. The first-order chi connectivity index (χ1) is 6.50. The van der Waals surface area contributed by atoms with Crippen molar-refractivity contribution in [2.24, 2.45) is 0 Å². The van der Waals surface area contributed by atoms with E-state index in [1.54, 1.807) is 11.8 Å². The summed E-state index contributed by atoms with van der Waals surface area (Å²) in [6.45, 7) is 8.12. The number of Topliss-reactive ketones (excluding diaryl/α,β-unsaturated/α-hetero) is 1. The molecule has 0 aromatic carbocycles. The molecule has 0 unspecified atom stereocenters. The van der Waals surface area contributed by atoms with Gasteiger partial charge in [0.25, 0.3) is 0 Å². The number of hydrogen-bond donors (Lipinski definition) is 1. The van der Waals surface area contributed by atoms with E-state index >= 15 is 0 Å². The summed E-state index contributed by atoms with van der Waals surface area (Å²) in [4.78, 5) is 14.9. The Morgan fingerprint density at radius 3 is 2.57 bits per heavy atom. The van der Waals surface area contributed by atoms with Gasteiger partial charge in [-0.05, 0) is 25.2 Å². The number of ketones is 1. The Kier molecular flexibility index (Phi) is 3.81. The third-order valence-electron chi connectivity index (χ3n) is 2.00. The second-order valence-electron chi connectivity index (χ2n) is 3.77. The van der Waals surface area contributed by atoms with Crippen molar-refractivity contribution < 1.29 is 4.79 Å². The fourth-order valence-corrected chi connectivity index (χ4v) is 1.97. The van der Waals surface area contributed by atoms with Crippen LogP contribution < -0.4 is 0 Å². The van der Waals surface area contributed by atoms with E-state index in [1.165, 1.54) is 0 Å². The van der Waals surface area contributed by atoms with Gasteiger partial charge < -0.3 is 4.98 Å². The average Bonchev–Trinajstić information content (AvgIpc) is 2.41. The van der Waals surface area contributed by atoms with E-state index in [0.29, 0.717) is 11.0 Å². The molecule has 0 fully saturated rings. The van der Waals surface area contributed by atoms with Crippen LogP contribution in [0.2, 0.25) is 0 Å². The van der Waals surface area contributed by atoms with Gasteiger partial charge in [-0.25, -0.2) is 0 Å². The minimum atomic E-state index is 0.227. The SMILES string of the molecule is Cc1cc(C(=O)CSC(C)C)c(C)[nH]1. The van der Waals surface area contributed by atoms with Gasteiger partial charge in [-0.2, -0.15) is 11.8 Å². The van der Waals surface area contributed by atoms with E-state index in [1.807, 2.05) is 19.9 Å². The minimum absolute atomic E-state index is 0.227. The molecule has 0 saturated heterocycles. The summed E-state index contributed by atoms with van der Waals surface area (Å²) >= 11 is 1.69. The molecule has 0 aliphatic heterocycles. The van der Waals surface area contributed by atoms with Crippen LogP contribution >= 0.6 is 11.8 Å². The molecule has 0 saturated carbocycles. The maximum atomic E-state index is 11.7. The molecule has 0 amide bonds. The lowest BCUT2D eigenvalue weighted by atomic mass is 10.2. The first-order valence-corrected chi connectivity index (χ1v) is 5.86. The van der Waals surface area contributed by atoms with Crippen LogP contribution in [0.4, 0.5) is 0 Å². The topological polar surface area (TPSA) is 32.9 Å². The van der Waals surface area contributed by atoms with E-state index in [2.05, 4.69) is 18.8 Å². The molecular formula is C11H17NOS. The Labute approximate surface area is 89.5 Å². The number of H-pyrrole nitrogens is 1. The maximum Gasteiger partial charge on any atom is 0.174 e. The van der Waals surface area contributed by atoms with Gasteiger partial charge in [0.15, 0.2) is 5.78 Å². The highest BCUT2D eigenvalue weighted by Gasteiger charge is 2.11. The molecule has 0 bridgehead atoms. The van der Waals surface area contributed by atoms with Crippen LogP contribution in [0.1, 0.15) is 35.6 Å². The maximum absolute atomic E-state index is 11.7. The zero-order valence-electron chi connectivity index (χ0n) is 9.18. The number of aromatic amines is 1. The van der Waals surface area contributed by atoms with Gasteiger partial charge in [0, 0.05) is 17.0 Å². The van der Waals surface area contributed by atoms with Crippen molar-refractivity contribution in [3.05, 3.63) is 23.0 Å².